The zero-order valence-electron chi connectivity index (χ0n) is 13.5. The fraction of sp³-hybridized carbons (Fsp3) is 0.500. The standard InChI is InChI=1S/C16H23Cl2N3O2/c1-3-8-19-14(22)10-21(9-4-2)11-15(23)20-13-7-5-6-12(17)16(13)18/h5-7H,3-4,8-11H2,1-2H3,(H,19,22)(H,20,23). The van der Waals surface area contributed by atoms with Gasteiger partial charge < -0.3 is 10.6 Å². The van der Waals surface area contributed by atoms with Crippen LogP contribution in [0.5, 0.6) is 0 Å². The van der Waals surface area contributed by atoms with Crippen LogP contribution < -0.4 is 10.6 Å². The van der Waals surface area contributed by atoms with Crippen LogP contribution in [0, 0.1) is 0 Å². The molecule has 23 heavy (non-hydrogen) atoms. The van der Waals surface area contributed by atoms with Gasteiger partial charge in [-0.1, -0.05) is 43.1 Å². The second-order valence-electron chi connectivity index (χ2n) is 5.21. The van der Waals surface area contributed by atoms with Crippen LogP contribution in [0.1, 0.15) is 26.7 Å². The summed E-state index contributed by atoms with van der Waals surface area (Å²) < 4.78 is 0. The predicted molar refractivity (Wildman–Crippen MR) is 95.1 cm³/mol. The summed E-state index contributed by atoms with van der Waals surface area (Å²) in [5, 5.41) is 6.23. The summed E-state index contributed by atoms with van der Waals surface area (Å²) in [4.78, 5) is 25.8. The Morgan fingerprint density at radius 2 is 1.78 bits per heavy atom. The average molecular weight is 360 g/mol. The second-order valence-corrected chi connectivity index (χ2v) is 6.00. The molecule has 1 aromatic carbocycles. The van der Waals surface area contributed by atoms with Crippen LogP contribution in [0.4, 0.5) is 5.69 Å². The maximum Gasteiger partial charge on any atom is 0.238 e. The van der Waals surface area contributed by atoms with E-state index < -0.39 is 0 Å². The highest BCUT2D eigenvalue weighted by molar-refractivity contribution is 6.44. The van der Waals surface area contributed by atoms with Gasteiger partial charge in [0.25, 0.3) is 0 Å². The zero-order chi connectivity index (χ0) is 17.2. The number of nitrogens with one attached hydrogen (secondary N) is 2. The van der Waals surface area contributed by atoms with E-state index in [0.29, 0.717) is 28.8 Å². The van der Waals surface area contributed by atoms with Gasteiger partial charge in [-0.15, -0.1) is 0 Å². The van der Waals surface area contributed by atoms with E-state index in [1.165, 1.54) is 0 Å². The molecule has 1 aromatic rings. The number of halogens is 2. The SMILES string of the molecule is CCCNC(=O)CN(CCC)CC(=O)Nc1cccc(Cl)c1Cl. The van der Waals surface area contributed by atoms with Gasteiger partial charge in [0.2, 0.25) is 11.8 Å². The molecule has 0 spiro atoms. The number of benzene rings is 1. The number of rotatable bonds is 9. The third kappa shape index (κ3) is 7.20. The van der Waals surface area contributed by atoms with Crippen LogP contribution in [0.25, 0.3) is 0 Å². The summed E-state index contributed by atoms with van der Waals surface area (Å²) in [6.07, 6.45) is 1.74. The topological polar surface area (TPSA) is 61.4 Å². The van der Waals surface area contributed by atoms with Crippen LogP contribution in [0.15, 0.2) is 18.2 Å². The minimum atomic E-state index is -0.231. The van der Waals surface area contributed by atoms with E-state index in [0.717, 1.165) is 12.8 Å². The third-order valence-electron chi connectivity index (χ3n) is 3.07. The van der Waals surface area contributed by atoms with Crippen molar-refractivity contribution in [3.8, 4) is 0 Å². The second kappa shape index (κ2) is 10.5. The summed E-state index contributed by atoms with van der Waals surface area (Å²) in [6, 6.07) is 5.05. The van der Waals surface area contributed by atoms with Crippen molar-refractivity contribution in [3.05, 3.63) is 28.2 Å². The fourth-order valence-electron chi connectivity index (χ4n) is 2.05. The fourth-order valence-corrected chi connectivity index (χ4v) is 2.39. The molecule has 0 unspecified atom stereocenters. The summed E-state index contributed by atoms with van der Waals surface area (Å²) >= 11 is 12.0. The first-order valence-electron chi connectivity index (χ1n) is 7.70. The van der Waals surface area contributed by atoms with Crippen LogP contribution in [0.3, 0.4) is 0 Å². The molecule has 0 aromatic heterocycles. The molecule has 0 bridgehead atoms. The number of anilines is 1. The van der Waals surface area contributed by atoms with E-state index in [1.54, 1.807) is 23.1 Å². The number of amides is 2. The van der Waals surface area contributed by atoms with Gasteiger partial charge in [0.05, 0.1) is 28.8 Å². The highest BCUT2D eigenvalue weighted by atomic mass is 35.5. The molecule has 0 radical (unpaired) electrons. The van der Waals surface area contributed by atoms with E-state index in [9.17, 15) is 9.59 Å². The minimum Gasteiger partial charge on any atom is -0.355 e. The monoisotopic (exact) mass is 359 g/mol. The van der Waals surface area contributed by atoms with Gasteiger partial charge in [-0.3, -0.25) is 14.5 Å². The number of carbonyl (C=O) groups is 2. The van der Waals surface area contributed by atoms with Crippen LogP contribution in [-0.2, 0) is 9.59 Å². The largest absolute Gasteiger partial charge is 0.355 e. The van der Waals surface area contributed by atoms with Crippen molar-refractivity contribution in [3.63, 3.8) is 0 Å². The van der Waals surface area contributed by atoms with Crippen molar-refractivity contribution in [1.29, 1.82) is 0 Å². The summed E-state index contributed by atoms with van der Waals surface area (Å²) in [5.74, 6) is -0.306. The van der Waals surface area contributed by atoms with E-state index in [4.69, 9.17) is 23.2 Å². The molecule has 0 aliphatic heterocycles. The van der Waals surface area contributed by atoms with Crippen LogP contribution in [-0.4, -0.2) is 42.9 Å². The summed E-state index contributed by atoms with van der Waals surface area (Å²) in [7, 11) is 0. The van der Waals surface area contributed by atoms with Gasteiger partial charge in [-0.05, 0) is 31.5 Å². The highest BCUT2D eigenvalue weighted by Gasteiger charge is 2.15. The van der Waals surface area contributed by atoms with Gasteiger partial charge in [0.1, 0.15) is 0 Å². The molecule has 0 aliphatic carbocycles. The van der Waals surface area contributed by atoms with Crippen LogP contribution >= 0.6 is 23.2 Å². The Balaban J connectivity index is 2.59. The molecule has 0 fully saturated rings. The van der Waals surface area contributed by atoms with Crippen molar-refractivity contribution in [1.82, 2.24) is 10.2 Å². The molecule has 0 aliphatic rings. The molecule has 0 heterocycles. The highest BCUT2D eigenvalue weighted by Crippen LogP contribution is 2.29. The first-order chi connectivity index (χ1) is 11.0. The Kier molecular flexibility index (Phi) is 8.99. The average Bonchev–Trinajstić information content (AvgIpc) is 2.50. The number of hydrogen-bond acceptors (Lipinski definition) is 3. The van der Waals surface area contributed by atoms with Crippen molar-refractivity contribution in [2.24, 2.45) is 0 Å². The van der Waals surface area contributed by atoms with Crippen molar-refractivity contribution in [2.45, 2.75) is 26.7 Å². The van der Waals surface area contributed by atoms with Crippen molar-refractivity contribution >= 4 is 40.7 Å². The lowest BCUT2D eigenvalue weighted by molar-refractivity contribution is -0.123. The Labute approximate surface area is 147 Å². The zero-order valence-corrected chi connectivity index (χ0v) is 15.0. The lowest BCUT2D eigenvalue weighted by Crippen LogP contribution is -2.41. The maximum atomic E-state index is 12.2. The molecule has 5 nitrogen and oxygen atoms in total. The first kappa shape index (κ1) is 19.7. The third-order valence-corrected chi connectivity index (χ3v) is 3.89. The van der Waals surface area contributed by atoms with E-state index in [-0.39, 0.29) is 24.9 Å². The normalized spacial score (nSPS) is 10.7. The lowest BCUT2D eigenvalue weighted by Gasteiger charge is -2.20. The van der Waals surface area contributed by atoms with E-state index >= 15 is 0 Å². The Hall–Kier alpha value is -1.30. The molecule has 2 amide bonds. The van der Waals surface area contributed by atoms with Gasteiger partial charge in [0, 0.05) is 6.54 Å². The maximum absolute atomic E-state index is 12.2. The van der Waals surface area contributed by atoms with Crippen LogP contribution in [0.2, 0.25) is 10.0 Å². The minimum absolute atomic E-state index is 0.0751. The molecule has 2 N–H and O–H groups in total. The molecule has 7 heteroatoms. The van der Waals surface area contributed by atoms with E-state index in [1.807, 2.05) is 13.8 Å². The summed E-state index contributed by atoms with van der Waals surface area (Å²) in [6.45, 7) is 5.62. The quantitative estimate of drug-likeness (QED) is 0.711. The van der Waals surface area contributed by atoms with Gasteiger partial charge in [-0.25, -0.2) is 0 Å². The smallest absolute Gasteiger partial charge is 0.238 e. The summed E-state index contributed by atoms with van der Waals surface area (Å²) in [5.41, 5.74) is 0.469. The Morgan fingerprint density at radius 1 is 1.09 bits per heavy atom. The predicted octanol–water partition coefficient (Wildman–Crippen LogP) is 3.17. The molecular weight excluding hydrogens is 337 g/mol. The molecule has 0 saturated heterocycles. The van der Waals surface area contributed by atoms with Crippen molar-refractivity contribution in [2.75, 3.05) is 31.5 Å². The van der Waals surface area contributed by atoms with Gasteiger partial charge in [-0.2, -0.15) is 0 Å². The first-order valence-corrected chi connectivity index (χ1v) is 8.46. The Bertz CT molecular complexity index is 538. The Morgan fingerprint density at radius 3 is 2.43 bits per heavy atom. The number of hydrogen-bond donors (Lipinski definition) is 2. The van der Waals surface area contributed by atoms with E-state index in [2.05, 4.69) is 10.6 Å². The molecule has 0 saturated carbocycles. The molecule has 128 valence electrons. The van der Waals surface area contributed by atoms with Crippen molar-refractivity contribution < 1.29 is 9.59 Å². The van der Waals surface area contributed by atoms with Gasteiger partial charge in [0.15, 0.2) is 0 Å². The molecule has 1 rings (SSSR count). The number of nitrogens with zero attached hydrogens (tertiary/aromatic N) is 1. The lowest BCUT2D eigenvalue weighted by atomic mass is 10.3. The van der Waals surface area contributed by atoms with Gasteiger partial charge >= 0.3 is 0 Å². The molecular formula is C16H23Cl2N3O2. The molecule has 0 atom stereocenters. The number of carbonyl (C=O) groups excluding carboxylic acids is 2.